The normalized spacial score (nSPS) is 13.6. The molecule has 0 amide bonds. The number of rotatable bonds is 3. The highest BCUT2D eigenvalue weighted by atomic mass is 14.7. The van der Waals surface area contributed by atoms with Gasteiger partial charge < -0.3 is 0 Å². The van der Waals surface area contributed by atoms with Crippen molar-refractivity contribution in [1.82, 2.24) is 9.97 Å². The fraction of sp³-hybridized carbons (Fsp3) is 0.118. The van der Waals surface area contributed by atoms with E-state index in [1.54, 1.807) is 0 Å². The Morgan fingerprint density at radius 1 is 0.556 bits per heavy atom. The lowest BCUT2D eigenvalue weighted by Gasteiger charge is -2.26. The predicted octanol–water partition coefficient (Wildman–Crippen LogP) is 8.81. The molecule has 2 heterocycles. The summed E-state index contributed by atoms with van der Waals surface area (Å²) in [7, 11) is 0. The highest BCUT2D eigenvalue weighted by Crippen LogP contribution is 2.52. The molecule has 0 fully saturated rings. The largest absolute Gasteiger partial charge is 0.256 e. The highest BCUT2D eigenvalue weighted by molar-refractivity contribution is 5.89. The zero-order valence-corrected chi connectivity index (χ0v) is 20.5. The number of aromatic nitrogens is 2. The number of fused-ring (bicyclic) bond motifs is 5. The second kappa shape index (κ2) is 7.86. The van der Waals surface area contributed by atoms with Crippen LogP contribution in [0.25, 0.3) is 55.2 Å². The van der Waals surface area contributed by atoms with Gasteiger partial charge in [-0.3, -0.25) is 9.97 Å². The van der Waals surface area contributed by atoms with Gasteiger partial charge in [-0.15, -0.1) is 0 Å². The molecule has 0 spiro atoms. The minimum Gasteiger partial charge on any atom is -0.256 e. The molecule has 2 nitrogen and oxygen atoms in total. The molecule has 1 aliphatic rings. The third kappa shape index (κ3) is 3.11. The van der Waals surface area contributed by atoms with Crippen LogP contribution in [-0.4, -0.2) is 9.97 Å². The maximum absolute atomic E-state index is 4.71. The van der Waals surface area contributed by atoms with Crippen molar-refractivity contribution in [2.75, 3.05) is 0 Å². The zero-order valence-electron chi connectivity index (χ0n) is 20.5. The van der Waals surface area contributed by atoms with Crippen molar-refractivity contribution in [3.8, 4) is 33.4 Å². The van der Waals surface area contributed by atoms with E-state index < -0.39 is 0 Å². The molecule has 0 saturated heterocycles. The number of para-hydroxylation sites is 2. The third-order valence-electron chi connectivity index (χ3n) is 8.07. The lowest BCUT2D eigenvalue weighted by molar-refractivity contribution is 0.565. The van der Waals surface area contributed by atoms with Crippen LogP contribution in [0.3, 0.4) is 0 Å². The van der Waals surface area contributed by atoms with Gasteiger partial charge >= 0.3 is 0 Å². The molecule has 172 valence electrons. The average Bonchev–Trinajstić information content (AvgIpc) is 3.20. The number of hydrogen-bond donors (Lipinski definition) is 0. The van der Waals surface area contributed by atoms with Gasteiger partial charge in [0.25, 0.3) is 0 Å². The van der Waals surface area contributed by atoms with Crippen LogP contribution in [0, 0.1) is 0 Å². The second-order valence-corrected chi connectivity index (χ2v) is 10.0. The molecule has 0 unspecified atom stereocenters. The van der Waals surface area contributed by atoms with Crippen molar-refractivity contribution in [2.45, 2.75) is 25.7 Å². The molecule has 0 saturated carbocycles. The van der Waals surface area contributed by atoms with Gasteiger partial charge in [0.1, 0.15) is 0 Å². The van der Waals surface area contributed by atoms with Gasteiger partial charge in [0.2, 0.25) is 0 Å². The summed E-state index contributed by atoms with van der Waals surface area (Å²) in [4.78, 5) is 9.42. The third-order valence-corrected chi connectivity index (χ3v) is 8.07. The molecular formula is C34H26N2. The molecule has 0 radical (unpaired) electrons. The molecule has 1 aliphatic carbocycles. The molecule has 2 aromatic heterocycles. The number of nitrogens with zero attached hydrogens (tertiary/aromatic N) is 2. The van der Waals surface area contributed by atoms with Gasteiger partial charge in [-0.25, -0.2) is 0 Å². The lowest BCUT2D eigenvalue weighted by Crippen LogP contribution is -2.19. The predicted molar refractivity (Wildman–Crippen MR) is 150 cm³/mol. The molecule has 36 heavy (non-hydrogen) atoms. The molecular weight excluding hydrogens is 436 g/mol. The number of pyridine rings is 2. The van der Waals surface area contributed by atoms with Crippen LogP contribution in [0.2, 0.25) is 0 Å². The lowest BCUT2D eigenvalue weighted by atomic mass is 9.77. The first-order chi connectivity index (χ1) is 17.6. The maximum Gasteiger partial charge on any atom is 0.0702 e. The molecule has 0 N–H and O–H groups in total. The first-order valence-electron chi connectivity index (χ1n) is 12.6. The van der Waals surface area contributed by atoms with E-state index in [0.717, 1.165) is 28.6 Å². The summed E-state index contributed by atoms with van der Waals surface area (Å²) >= 11 is 0. The van der Waals surface area contributed by atoms with Crippen LogP contribution in [0.5, 0.6) is 0 Å². The van der Waals surface area contributed by atoms with Crippen LogP contribution in [0.1, 0.15) is 31.4 Å². The van der Waals surface area contributed by atoms with E-state index in [1.165, 1.54) is 44.2 Å². The van der Waals surface area contributed by atoms with Crippen LogP contribution >= 0.6 is 0 Å². The van der Waals surface area contributed by atoms with Gasteiger partial charge in [0, 0.05) is 39.7 Å². The molecule has 6 aromatic rings. The van der Waals surface area contributed by atoms with Crippen LogP contribution < -0.4 is 0 Å². The molecule has 0 atom stereocenters. The van der Waals surface area contributed by atoms with Gasteiger partial charge in [-0.1, -0.05) is 74.5 Å². The molecule has 0 aliphatic heterocycles. The first-order valence-corrected chi connectivity index (χ1v) is 12.6. The Labute approximate surface area is 211 Å². The summed E-state index contributed by atoms with van der Waals surface area (Å²) in [6.45, 7) is 4.69. The Bertz CT molecular complexity index is 1670. The minimum atomic E-state index is -0.0504. The molecule has 4 aromatic carbocycles. The summed E-state index contributed by atoms with van der Waals surface area (Å²) in [5.41, 5.74) is 12.3. The van der Waals surface area contributed by atoms with E-state index >= 15 is 0 Å². The Morgan fingerprint density at radius 2 is 1.03 bits per heavy atom. The summed E-state index contributed by atoms with van der Waals surface area (Å²) in [5, 5.41) is 2.34. The smallest absolute Gasteiger partial charge is 0.0702 e. The average molecular weight is 463 g/mol. The summed E-state index contributed by atoms with van der Waals surface area (Å²) in [6.07, 6.45) is 5.03. The van der Waals surface area contributed by atoms with E-state index in [9.17, 15) is 0 Å². The van der Waals surface area contributed by atoms with Gasteiger partial charge in [-0.2, -0.15) is 0 Å². The molecule has 2 heteroatoms. The second-order valence-electron chi connectivity index (χ2n) is 10.0. The zero-order chi connectivity index (χ0) is 24.3. The van der Waals surface area contributed by atoms with Crippen LogP contribution in [-0.2, 0) is 5.41 Å². The van der Waals surface area contributed by atoms with E-state index in [1.807, 2.05) is 24.5 Å². The monoisotopic (exact) mass is 462 g/mol. The maximum atomic E-state index is 4.71. The summed E-state index contributed by atoms with van der Waals surface area (Å²) in [6, 6.07) is 35.0. The van der Waals surface area contributed by atoms with Crippen molar-refractivity contribution >= 4 is 21.8 Å². The van der Waals surface area contributed by atoms with Crippen LogP contribution in [0.4, 0.5) is 0 Å². The van der Waals surface area contributed by atoms with Crippen molar-refractivity contribution in [1.29, 1.82) is 0 Å². The standard InChI is InChI=1S/C34H26N2/c1-3-34(2)30-18-22(26-16-24-8-4-6-10-32(24)35-20-26)12-14-28(30)29-15-13-23(19-31(29)34)27-17-25-9-5-7-11-33(25)36-21-27/h4-21H,3H2,1-2H3. The summed E-state index contributed by atoms with van der Waals surface area (Å²) < 4.78 is 0. The topological polar surface area (TPSA) is 25.8 Å². The molecule has 7 rings (SSSR count). The fourth-order valence-electron chi connectivity index (χ4n) is 5.81. The van der Waals surface area contributed by atoms with Crippen molar-refractivity contribution in [3.05, 3.63) is 121 Å². The van der Waals surface area contributed by atoms with Crippen molar-refractivity contribution < 1.29 is 0 Å². The Balaban J connectivity index is 1.34. The summed E-state index contributed by atoms with van der Waals surface area (Å²) in [5.74, 6) is 0. The van der Waals surface area contributed by atoms with E-state index in [0.29, 0.717) is 0 Å². The van der Waals surface area contributed by atoms with Crippen LogP contribution in [0.15, 0.2) is 109 Å². The van der Waals surface area contributed by atoms with Gasteiger partial charge in [0.05, 0.1) is 11.0 Å². The fourth-order valence-corrected chi connectivity index (χ4v) is 5.81. The minimum absolute atomic E-state index is 0.0504. The van der Waals surface area contributed by atoms with Crippen molar-refractivity contribution in [2.24, 2.45) is 0 Å². The van der Waals surface area contributed by atoms with Crippen molar-refractivity contribution in [3.63, 3.8) is 0 Å². The Morgan fingerprint density at radius 3 is 1.50 bits per heavy atom. The SMILES string of the molecule is CCC1(C)c2cc(-c3cnc4ccccc4c3)ccc2-c2ccc(-c3cnc4ccccc4c3)cc21. The molecule has 0 bridgehead atoms. The van der Waals surface area contributed by atoms with E-state index in [4.69, 9.17) is 9.97 Å². The quantitative estimate of drug-likeness (QED) is 0.263. The Hall–Kier alpha value is -4.30. The number of benzene rings is 4. The Kier molecular flexibility index (Phi) is 4.59. The first kappa shape index (κ1) is 21.0. The van der Waals surface area contributed by atoms with E-state index in [2.05, 4.69) is 98.8 Å². The number of hydrogen-bond acceptors (Lipinski definition) is 2. The highest BCUT2D eigenvalue weighted by Gasteiger charge is 2.38. The van der Waals surface area contributed by atoms with Gasteiger partial charge in [-0.05, 0) is 76.2 Å². The van der Waals surface area contributed by atoms with Gasteiger partial charge in [0.15, 0.2) is 0 Å². The van der Waals surface area contributed by atoms with E-state index in [-0.39, 0.29) is 5.41 Å².